The van der Waals surface area contributed by atoms with Crippen molar-refractivity contribution in [2.45, 2.75) is 25.2 Å². The van der Waals surface area contributed by atoms with Crippen LogP contribution in [0.4, 0.5) is 0 Å². The lowest BCUT2D eigenvalue weighted by atomic mass is 10.0. The van der Waals surface area contributed by atoms with E-state index in [0.717, 1.165) is 38.2 Å². The maximum atomic E-state index is 12.0. The van der Waals surface area contributed by atoms with Crippen molar-refractivity contribution in [2.75, 3.05) is 32.8 Å². The Labute approximate surface area is 120 Å². The number of fused-ring (bicyclic) bond motifs is 1. The van der Waals surface area contributed by atoms with Crippen LogP contribution in [0.15, 0.2) is 24.3 Å². The van der Waals surface area contributed by atoms with E-state index in [1.807, 2.05) is 23.1 Å². The van der Waals surface area contributed by atoms with Crippen LogP contribution in [-0.2, 0) is 4.79 Å². The standard InChI is InChI=1S/C16H22N2O2/c19-16(18-8-4-1-5-9-18)11-17-10-13-12-20-15-7-3-2-6-14(13)15/h2-3,6-7,13,17H,1,4-5,8-12H2. The lowest BCUT2D eigenvalue weighted by Gasteiger charge is -2.27. The van der Waals surface area contributed by atoms with Crippen LogP contribution in [0.2, 0.25) is 0 Å². The molecule has 108 valence electrons. The van der Waals surface area contributed by atoms with E-state index in [4.69, 9.17) is 4.74 Å². The number of amides is 1. The molecule has 1 N–H and O–H groups in total. The molecule has 0 saturated carbocycles. The number of nitrogens with zero attached hydrogens (tertiary/aromatic N) is 1. The van der Waals surface area contributed by atoms with Crippen LogP contribution >= 0.6 is 0 Å². The van der Waals surface area contributed by atoms with Gasteiger partial charge in [-0.05, 0) is 25.3 Å². The Hall–Kier alpha value is -1.55. The number of piperidine rings is 1. The SMILES string of the molecule is O=C(CNCC1COc2ccccc21)N1CCCCC1. The molecule has 1 amide bonds. The van der Waals surface area contributed by atoms with Crippen molar-refractivity contribution in [3.8, 4) is 5.75 Å². The van der Waals surface area contributed by atoms with E-state index in [2.05, 4.69) is 11.4 Å². The largest absolute Gasteiger partial charge is 0.493 e. The van der Waals surface area contributed by atoms with Gasteiger partial charge in [0.05, 0.1) is 13.2 Å². The average molecular weight is 274 g/mol. The monoisotopic (exact) mass is 274 g/mol. The van der Waals surface area contributed by atoms with Crippen LogP contribution in [0.25, 0.3) is 0 Å². The number of nitrogens with one attached hydrogen (secondary N) is 1. The van der Waals surface area contributed by atoms with Gasteiger partial charge in [0.1, 0.15) is 5.75 Å². The molecule has 1 fully saturated rings. The van der Waals surface area contributed by atoms with Crippen molar-refractivity contribution in [3.63, 3.8) is 0 Å². The number of para-hydroxylation sites is 1. The molecule has 1 atom stereocenters. The second-order valence-corrected chi connectivity index (χ2v) is 5.62. The first-order valence-corrected chi connectivity index (χ1v) is 7.55. The lowest BCUT2D eigenvalue weighted by Crippen LogP contribution is -2.41. The molecule has 0 radical (unpaired) electrons. The van der Waals surface area contributed by atoms with Gasteiger partial charge in [0, 0.05) is 31.1 Å². The number of ether oxygens (including phenoxy) is 1. The molecule has 0 aliphatic carbocycles. The van der Waals surface area contributed by atoms with E-state index in [-0.39, 0.29) is 5.91 Å². The summed E-state index contributed by atoms with van der Waals surface area (Å²) in [4.78, 5) is 14.0. The zero-order chi connectivity index (χ0) is 13.8. The van der Waals surface area contributed by atoms with Crippen LogP contribution in [0.1, 0.15) is 30.7 Å². The highest BCUT2D eigenvalue weighted by molar-refractivity contribution is 5.78. The summed E-state index contributed by atoms with van der Waals surface area (Å²) >= 11 is 0. The van der Waals surface area contributed by atoms with Crippen molar-refractivity contribution in [2.24, 2.45) is 0 Å². The average Bonchev–Trinajstić information content (AvgIpc) is 2.92. The zero-order valence-corrected chi connectivity index (χ0v) is 11.8. The predicted molar refractivity (Wildman–Crippen MR) is 78.0 cm³/mol. The van der Waals surface area contributed by atoms with E-state index in [9.17, 15) is 4.79 Å². The smallest absolute Gasteiger partial charge is 0.236 e. The first-order valence-electron chi connectivity index (χ1n) is 7.55. The number of rotatable bonds is 4. The van der Waals surface area contributed by atoms with E-state index in [1.54, 1.807) is 0 Å². The molecule has 1 saturated heterocycles. The van der Waals surface area contributed by atoms with Gasteiger partial charge in [-0.25, -0.2) is 0 Å². The number of hydrogen-bond acceptors (Lipinski definition) is 3. The first kappa shape index (κ1) is 13.4. The summed E-state index contributed by atoms with van der Waals surface area (Å²) < 4.78 is 5.65. The third kappa shape index (κ3) is 2.96. The van der Waals surface area contributed by atoms with E-state index < -0.39 is 0 Å². The summed E-state index contributed by atoms with van der Waals surface area (Å²) in [6, 6.07) is 8.16. The van der Waals surface area contributed by atoms with Gasteiger partial charge in [-0.15, -0.1) is 0 Å². The van der Waals surface area contributed by atoms with Crippen LogP contribution in [0.5, 0.6) is 5.75 Å². The molecule has 20 heavy (non-hydrogen) atoms. The van der Waals surface area contributed by atoms with Crippen LogP contribution < -0.4 is 10.1 Å². The third-order valence-electron chi connectivity index (χ3n) is 4.17. The van der Waals surface area contributed by atoms with Gasteiger partial charge in [-0.2, -0.15) is 0 Å². The maximum Gasteiger partial charge on any atom is 0.236 e. The number of carbonyl (C=O) groups excluding carboxylic acids is 1. The van der Waals surface area contributed by atoms with Gasteiger partial charge >= 0.3 is 0 Å². The predicted octanol–water partition coefficient (Wildman–Crippen LogP) is 1.76. The van der Waals surface area contributed by atoms with Crippen LogP contribution in [0, 0.1) is 0 Å². The van der Waals surface area contributed by atoms with Gasteiger partial charge < -0.3 is 15.0 Å². The summed E-state index contributed by atoms with van der Waals surface area (Å²) in [5.74, 6) is 1.58. The quantitative estimate of drug-likeness (QED) is 0.909. The van der Waals surface area contributed by atoms with E-state index in [0.29, 0.717) is 19.1 Å². The Morgan fingerprint density at radius 1 is 1.25 bits per heavy atom. The molecule has 1 aromatic rings. The van der Waals surface area contributed by atoms with Gasteiger partial charge in [-0.3, -0.25) is 4.79 Å². The fourth-order valence-electron chi connectivity index (χ4n) is 3.01. The molecule has 0 bridgehead atoms. The third-order valence-corrected chi connectivity index (χ3v) is 4.17. The normalized spacial score (nSPS) is 21.4. The Morgan fingerprint density at radius 2 is 2.05 bits per heavy atom. The summed E-state index contributed by atoms with van der Waals surface area (Å²) in [6.45, 7) is 3.81. The molecule has 3 rings (SSSR count). The molecule has 0 aromatic heterocycles. The van der Waals surface area contributed by atoms with Crippen molar-refractivity contribution in [3.05, 3.63) is 29.8 Å². The van der Waals surface area contributed by atoms with Crippen LogP contribution in [0.3, 0.4) is 0 Å². The Bertz CT molecular complexity index is 469. The molecule has 4 heteroatoms. The molecule has 4 nitrogen and oxygen atoms in total. The Kier molecular flexibility index (Phi) is 4.21. The zero-order valence-electron chi connectivity index (χ0n) is 11.8. The van der Waals surface area contributed by atoms with E-state index >= 15 is 0 Å². The summed E-state index contributed by atoms with van der Waals surface area (Å²) in [6.07, 6.45) is 3.55. The summed E-state index contributed by atoms with van der Waals surface area (Å²) in [5, 5.41) is 3.29. The van der Waals surface area contributed by atoms with Crippen molar-refractivity contribution in [1.82, 2.24) is 10.2 Å². The van der Waals surface area contributed by atoms with Crippen molar-refractivity contribution >= 4 is 5.91 Å². The molecule has 2 heterocycles. The van der Waals surface area contributed by atoms with Gasteiger partial charge in [0.25, 0.3) is 0 Å². The molecule has 1 unspecified atom stereocenters. The van der Waals surface area contributed by atoms with E-state index in [1.165, 1.54) is 12.0 Å². The minimum Gasteiger partial charge on any atom is -0.493 e. The molecule has 0 spiro atoms. The Balaban J connectivity index is 1.45. The second-order valence-electron chi connectivity index (χ2n) is 5.62. The lowest BCUT2D eigenvalue weighted by molar-refractivity contribution is -0.131. The number of benzene rings is 1. The molecular formula is C16H22N2O2. The van der Waals surface area contributed by atoms with Crippen molar-refractivity contribution < 1.29 is 9.53 Å². The first-order chi connectivity index (χ1) is 9.84. The minimum absolute atomic E-state index is 0.233. The molecular weight excluding hydrogens is 252 g/mol. The second kappa shape index (κ2) is 6.27. The summed E-state index contributed by atoms with van der Waals surface area (Å²) in [7, 11) is 0. The molecule has 1 aromatic carbocycles. The van der Waals surface area contributed by atoms with Gasteiger partial charge in [0.15, 0.2) is 0 Å². The minimum atomic E-state index is 0.233. The van der Waals surface area contributed by atoms with Crippen molar-refractivity contribution in [1.29, 1.82) is 0 Å². The highest BCUT2D eigenvalue weighted by atomic mass is 16.5. The summed E-state index contributed by atoms with van der Waals surface area (Å²) in [5.41, 5.74) is 1.26. The number of hydrogen-bond donors (Lipinski definition) is 1. The van der Waals surface area contributed by atoms with Crippen LogP contribution in [-0.4, -0.2) is 43.6 Å². The number of carbonyl (C=O) groups is 1. The topological polar surface area (TPSA) is 41.6 Å². The maximum absolute atomic E-state index is 12.0. The fourth-order valence-corrected chi connectivity index (χ4v) is 3.01. The highest BCUT2D eigenvalue weighted by Crippen LogP contribution is 2.32. The highest BCUT2D eigenvalue weighted by Gasteiger charge is 2.23. The fraction of sp³-hybridized carbons (Fsp3) is 0.562. The van der Waals surface area contributed by atoms with Gasteiger partial charge in [0.2, 0.25) is 5.91 Å². The Morgan fingerprint density at radius 3 is 2.90 bits per heavy atom. The molecule has 2 aliphatic rings. The number of likely N-dealkylation sites (tertiary alicyclic amines) is 1. The van der Waals surface area contributed by atoms with Gasteiger partial charge in [-0.1, -0.05) is 18.2 Å². The molecule has 2 aliphatic heterocycles.